The number of nitrogens with zero attached hydrogens (tertiary/aromatic N) is 2. The minimum absolute atomic E-state index is 0.351. The van der Waals surface area contributed by atoms with Crippen molar-refractivity contribution in [2.24, 2.45) is 0 Å². The van der Waals surface area contributed by atoms with Crippen LogP contribution < -0.4 is 5.32 Å². The van der Waals surface area contributed by atoms with Gasteiger partial charge in [0.15, 0.2) is 0 Å². The topological polar surface area (TPSA) is 50.1 Å². The highest BCUT2D eigenvalue weighted by atomic mass is 32.2. The van der Waals surface area contributed by atoms with Gasteiger partial charge >= 0.3 is 0 Å². The van der Waals surface area contributed by atoms with Gasteiger partial charge in [-0.25, -0.2) is 0 Å². The van der Waals surface area contributed by atoms with Crippen LogP contribution in [0.4, 0.5) is 0 Å². The first-order valence-corrected chi connectivity index (χ1v) is 6.46. The van der Waals surface area contributed by atoms with Crippen molar-refractivity contribution in [2.45, 2.75) is 25.1 Å². The van der Waals surface area contributed by atoms with Gasteiger partial charge in [-0.2, -0.15) is 16.9 Å². The fraction of sp³-hybridized carbons (Fsp3) is 0.700. The summed E-state index contributed by atoms with van der Waals surface area (Å²) in [6.07, 6.45) is 4.47. The van der Waals surface area contributed by atoms with Crippen molar-refractivity contribution < 1.29 is 5.11 Å². The molecule has 2 unspecified atom stereocenters. The van der Waals surface area contributed by atoms with Gasteiger partial charge in [-0.3, -0.25) is 4.68 Å². The third kappa shape index (κ3) is 3.52. The first-order chi connectivity index (χ1) is 7.34. The zero-order valence-corrected chi connectivity index (χ0v) is 9.49. The Morgan fingerprint density at radius 3 is 3.27 bits per heavy atom. The van der Waals surface area contributed by atoms with Gasteiger partial charge in [0.1, 0.15) is 0 Å². The highest BCUT2D eigenvalue weighted by Gasteiger charge is 2.16. The number of aromatic nitrogens is 2. The molecule has 1 aromatic rings. The van der Waals surface area contributed by atoms with Crippen LogP contribution in [0.5, 0.6) is 0 Å². The lowest BCUT2D eigenvalue weighted by molar-refractivity contribution is 0.144. The maximum Gasteiger partial charge on any atom is 0.0860 e. The predicted octanol–water partition coefficient (Wildman–Crippen LogP) is 0.339. The summed E-state index contributed by atoms with van der Waals surface area (Å²) in [6, 6.07) is 2.45. The summed E-state index contributed by atoms with van der Waals surface area (Å²) in [7, 11) is 0. The molecular formula is C10H17N3OS. The van der Waals surface area contributed by atoms with Crippen molar-refractivity contribution in [3.63, 3.8) is 0 Å². The Hall–Kier alpha value is -0.520. The van der Waals surface area contributed by atoms with E-state index in [4.69, 9.17) is 0 Å². The van der Waals surface area contributed by atoms with E-state index in [-0.39, 0.29) is 6.10 Å². The highest BCUT2D eigenvalue weighted by Crippen LogP contribution is 2.16. The summed E-state index contributed by atoms with van der Waals surface area (Å²) >= 11 is 1.98. The molecular weight excluding hydrogens is 210 g/mol. The minimum Gasteiger partial charge on any atom is -0.390 e. The van der Waals surface area contributed by atoms with Crippen molar-refractivity contribution in [3.05, 3.63) is 18.5 Å². The van der Waals surface area contributed by atoms with E-state index in [1.165, 1.54) is 17.9 Å². The van der Waals surface area contributed by atoms with Gasteiger partial charge < -0.3 is 10.4 Å². The molecule has 1 aromatic heterocycles. The molecule has 15 heavy (non-hydrogen) atoms. The summed E-state index contributed by atoms with van der Waals surface area (Å²) < 4.78 is 1.76. The number of hydrogen-bond donors (Lipinski definition) is 2. The van der Waals surface area contributed by atoms with Crippen LogP contribution >= 0.6 is 11.8 Å². The first kappa shape index (κ1) is 11.0. The molecule has 0 amide bonds. The SMILES string of the molecule is OC(CNC1CCSC1)Cn1cccn1. The molecule has 1 aliphatic heterocycles. The van der Waals surface area contributed by atoms with Crippen molar-refractivity contribution in [2.75, 3.05) is 18.1 Å². The van der Waals surface area contributed by atoms with Gasteiger partial charge in [0.2, 0.25) is 0 Å². The normalized spacial score (nSPS) is 23.1. The molecule has 2 heterocycles. The Labute approximate surface area is 94.1 Å². The Morgan fingerprint density at radius 2 is 2.60 bits per heavy atom. The quantitative estimate of drug-likeness (QED) is 0.761. The molecule has 0 aliphatic carbocycles. The molecule has 0 bridgehead atoms. The Morgan fingerprint density at radius 1 is 1.67 bits per heavy atom. The van der Waals surface area contributed by atoms with Gasteiger partial charge in [0.25, 0.3) is 0 Å². The molecule has 2 N–H and O–H groups in total. The standard InChI is InChI=1S/C10H17N3OS/c14-10(7-13-4-1-3-12-13)6-11-9-2-5-15-8-9/h1,3-4,9-11,14H,2,5-8H2. The van der Waals surface area contributed by atoms with Crippen LogP contribution in [-0.4, -0.2) is 45.1 Å². The third-order valence-electron chi connectivity index (χ3n) is 2.53. The van der Waals surface area contributed by atoms with Gasteiger partial charge in [-0.05, 0) is 18.2 Å². The molecule has 1 saturated heterocycles. The van der Waals surface area contributed by atoms with E-state index in [0.29, 0.717) is 19.1 Å². The highest BCUT2D eigenvalue weighted by molar-refractivity contribution is 7.99. The van der Waals surface area contributed by atoms with Crippen LogP contribution in [0.25, 0.3) is 0 Å². The zero-order valence-electron chi connectivity index (χ0n) is 8.67. The van der Waals surface area contributed by atoms with Crippen LogP contribution in [-0.2, 0) is 6.54 Å². The molecule has 0 spiro atoms. The maximum absolute atomic E-state index is 9.75. The van der Waals surface area contributed by atoms with Gasteiger partial charge in [-0.15, -0.1) is 0 Å². The number of aliphatic hydroxyl groups excluding tert-OH is 1. The van der Waals surface area contributed by atoms with Gasteiger partial charge in [-0.1, -0.05) is 0 Å². The molecule has 0 aromatic carbocycles. The summed E-state index contributed by atoms with van der Waals surface area (Å²) in [6.45, 7) is 1.23. The van der Waals surface area contributed by atoms with E-state index in [9.17, 15) is 5.11 Å². The number of nitrogens with one attached hydrogen (secondary N) is 1. The molecule has 84 valence electrons. The van der Waals surface area contributed by atoms with Gasteiger partial charge in [0.05, 0.1) is 12.6 Å². The summed E-state index contributed by atoms with van der Waals surface area (Å²) in [4.78, 5) is 0. The number of aliphatic hydroxyl groups is 1. The van der Waals surface area contributed by atoms with Crippen LogP contribution in [0, 0.1) is 0 Å². The second-order valence-corrected chi connectivity index (χ2v) is 5.00. The Bertz CT molecular complexity index is 272. The molecule has 0 saturated carbocycles. The van der Waals surface area contributed by atoms with Crippen LogP contribution in [0.1, 0.15) is 6.42 Å². The first-order valence-electron chi connectivity index (χ1n) is 5.31. The Kier molecular flexibility index (Phi) is 4.05. The lowest BCUT2D eigenvalue weighted by Gasteiger charge is -2.15. The Balaban J connectivity index is 1.66. The molecule has 4 nitrogen and oxygen atoms in total. The van der Waals surface area contributed by atoms with Crippen molar-refractivity contribution in [3.8, 4) is 0 Å². The molecule has 1 aliphatic rings. The zero-order chi connectivity index (χ0) is 10.5. The van der Waals surface area contributed by atoms with E-state index < -0.39 is 0 Å². The van der Waals surface area contributed by atoms with E-state index >= 15 is 0 Å². The van der Waals surface area contributed by atoms with E-state index in [2.05, 4.69) is 10.4 Å². The number of thioether (sulfide) groups is 1. The molecule has 0 radical (unpaired) electrons. The smallest absolute Gasteiger partial charge is 0.0860 e. The number of rotatable bonds is 5. The number of hydrogen-bond acceptors (Lipinski definition) is 4. The maximum atomic E-state index is 9.75. The van der Waals surface area contributed by atoms with E-state index in [0.717, 1.165) is 0 Å². The average molecular weight is 227 g/mol. The van der Waals surface area contributed by atoms with Crippen LogP contribution in [0.2, 0.25) is 0 Å². The average Bonchev–Trinajstić information content (AvgIpc) is 2.86. The second-order valence-electron chi connectivity index (χ2n) is 3.85. The fourth-order valence-electron chi connectivity index (χ4n) is 1.69. The monoisotopic (exact) mass is 227 g/mol. The molecule has 5 heteroatoms. The van der Waals surface area contributed by atoms with E-state index in [1.807, 2.05) is 24.0 Å². The van der Waals surface area contributed by atoms with Crippen molar-refractivity contribution in [1.82, 2.24) is 15.1 Å². The summed E-state index contributed by atoms with van der Waals surface area (Å²) in [5.74, 6) is 2.42. The lowest BCUT2D eigenvalue weighted by Crippen LogP contribution is -2.37. The predicted molar refractivity (Wildman–Crippen MR) is 62.0 cm³/mol. The van der Waals surface area contributed by atoms with Crippen LogP contribution in [0.3, 0.4) is 0 Å². The van der Waals surface area contributed by atoms with Crippen LogP contribution in [0.15, 0.2) is 18.5 Å². The lowest BCUT2D eigenvalue weighted by atomic mass is 10.2. The summed E-state index contributed by atoms with van der Waals surface area (Å²) in [5.41, 5.74) is 0. The molecule has 2 atom stereocenters. The summed E-state index contributed by atoms with van der Waals surface area (Å²) in [5, 5.41) is 17.2. The van der Waals surface area contributed by atoms with Crippen molar-refractivity contribution in [1.29, 1.82) is 0 Å². The largest absolute Gasteiger partial charge is 0.390 e. The third-order valence-corrected chi connectivity index (χ3v) is 3.69. The fourth-order valence-corrected chi connectivity index (χ4v) is 2.87. The van der Waals surface area contributed by atoms with Gasteiger partial charge in [0, 0.05) is 30.7 Å². The second kappa shape index (κ2) is 5.53. The molecule has 2 rings (SSSR count). The van der Waals surface area contributed by atoms with E-state index in [1.54, 1.807) is 10.9 Å². The molecule has 1 fully saturated rings. The van der Waals surface area contributed by atoms with Crippen molar-refractivity contribution >= 4 is 11.8 Å². The minimum atomic E-state index is -0.351.